The molecule has 0 bridgehead atoms. The summed E-state index contributed by atoms with van der Waals surface area (Å²) in [7, 11) is 0. The van der Waals surface area contributed by atoms with Gasteiger partial charge in [0.25, 0.3) is 0 Å². The third kappa shape index (κ3) is 4.75. The molecule has 0 spiro atoms. The molecule has 2 heterocycles. The van der Waals surface area contributed by atoms with Crippen molar-refractivity contribution in [2.24, 2.45) is 0 Å². The molecular formula is C18H22N4O2S2. The molecule has 2 atom stereocenters. The lowest BCUT2D eigenvalue weighted by molar-refractivity contribution is -0.120. The van der Waals surface area contributed by atoms with Gasteiger partial charge in [-0.2, -0.15) is 0 Å². The van der Waals surface area contributed by atoms with Crippen molar-refractivity contribution in [3.63, 3.8) is 0 Å². The summed E-state index contributed by atoms with van der Waals surface area (Å²) in [6, 6.07) is 10.2. The van der Waals surface area contributed by atoms with Crippen LogP contribution in [0, 0.1) is 0 Å². The van der Waals surface area contributed by atoms with Crippen LogP contribution in [0.15, 0.2) is 34.7 Å². The third-order valence-electron chi connectivity index (χ3n) is 4.39. The van der Waals surface area contributed by atoms with Gasteiger partial charge in [0.2, 0.25) is 11.0 Å². The van der Waals surface area contributed by atoms with E-state index in [1.165, 1.54) is 23.1 Å². The molecule has 4 rings (SSSR count). The molecule has 2 aromatic rings. The van der Waals surface area contributed by atoms with Crippen molar-refractivity contribution in [1.29, 1.82) is 0 Å². The van der Waals surface area contributed by atoms with Crippen LogP contribution in [0.2, 0.25) is 0 Å². The molecule has 138 valence electrons. The van der Waals surface area contributed by atoms with E-state index in [-0.39, 0.29) is 17.3 Å². The highest BCUT2D eigenvalue weighted by atomic mass is 32.2. The standard InChI is InChI=1S/C18H22N4O2S2/c23-16(20-13-8-9-13)15(12-5-2-1-3-6-12)25-18-22-21-17(26-18)19-11-14-7-4-10-24-14/h1-3,5-6,13-15H,4,7-11H2,(H,19,21)(H,20,23)/t14-,15+/m1/s1. The Labute approximate surface area is 161 Å². The fraction of sp³-hybridized carbons (Fsp3) is 0.500. The Balaban J connectivity index is 1.40. The van der Waals surface area contributed by atoms with Crippen LogP contribution in [0.5, 0.6) is 0 Å². The summed E-state index contributed by atoms with van der Waals surface area (Å²) in [6.07, 6.45) is 4.63. The minimum atomic E-state index is -0.309. The van der Waals surface area contributed by atoms with Crippen molar-refractivity contribution < 1.29 is 9.53 Å². The maximum absolute atomic E-state index is 12.7. The predicted octanol–water partition coefficient (Wildman–Crippen LogP) is 3.24. The van der Waals surface area contributed by atoms with Crippen LogP contribution in [-0.4, -0.2) is 41.4 Å². The molecule has 1 aromatic heterocycles. The van der Waals surface area contributed by atoms with E-state index in [0.717, 1.165) is 53.9 Å². The Morgan fingerprint density at radius 2 is 2.12 bits per heavy atom. The van der Waals surface area contributed by atoms with Gasteiger partial charge in [0.15, 0.2) is 4.34 Å². The number of thioether (sulfide) groups is 1. The fourth-order valence-corrected chi connectivity index (χ4v) is 4.80. The number of carbonyl (C=O) groups excluding carboxylic acids is 1. The Kier molecular flexibility index (Phi) is 5.72. The second-order valence-corrected chi connectivity index (χ2v) is 8.91. The molecule has 1 saturated heterocycles. The SMILES string of the molecule is O=C(NC1CC1)[C@@H](Sc1nnc(NC[C@H]2CCCO2)s1)c1ccccc1. The molecule has 1 amide bonds. The number of nitrogens with zero attached hydrogens (tertiary/aromatic N) is 2. The summed E-state index contributed by atoms with van der Waals surface area (Å²) in [6.45, 7) is 1.60. The molecule has 1 aliphatic carbocycles. The van der Waals surface area contributed by atoms with Crippen LogP contribution in [0.3, 0.4) is 0 Å². The van der Waals surface area contributed by atoms with Gasteiger partial charge in [0.05, 0.1) is 6.10 Å². The number of rotatable bonds is 8. The van der Waals surface area contributed by atoms with Gasteiger partial charge < -0.3 is 15.4 Å². The van der Waals surface area contributed by atoms with Gasteiger partial charge in [-0.15, -0.1) is 10.2 Å². The first-order chi connectivity index (χ1) is 12.8. The maximum Gasteiger partial charge on any atom is 0.238 e. The first-order valence-corrected chi connectivity index (χ1v) is 10.7. The van der Waals surface area contributed by atoms with E-state index >= 15 is 0 Å². The smallest absolute Gasteiger partial charge is 0.238 e. The second kappa shape index (κ2) is 8.37. The van der Waals surface area contributed by atoms with E-state index in [1.54, 1.807) is 0 Å². The first kappa shape index (κ1) is 17.8. The number of amides is 1. The van der Waals surface area contributed by atoms with Gasteiger partial charge in [-0.3, -0.25) is 4.79 Å². The number of hydrogen-bond donors (Lipinski definition) is 2. The largest absolute Gasteiger partial charge is 0.376 e. The Morgan fingerprint density at radius 1 is 1.27 bits per heavy atom. The monoisotopic (exact) mass is 390 g/mol. The van der Waals surface area contributed by atoms with Gasteiger partial charge in [0, 0.05) is 19.2 Å². The molecule has 2 aliphatic rings. The van der Waals surface area contributed by atoms with Crippen molar-refractivity contribution >= 4 is 34.1 Å². The number of aromatic nitrogens is 2. The highest BCUT2D eigenvalue weighted by Gasteiger charge is 2.30. The first-order valence-electron chi connectivity index (χ1n) is 8.99. The van der Waals surface area contributed by atoms with Crippen molar-refractivity contribution in [2.75, 3.05) is 18.5 Å². The molecule has 1 saturated carbocycles. The van der Waals surface area contributed by atoms with Gasteiger partial charge >= 0.3 is 0 Å². The van der Waals surface area contributed by atoms with Crippen molar-refractivity contribution in [3.05, 3.63) is 35.9 Å². The maximum atomic E-state index is 12.7. The number of hydrogen-bond acceptors (Lipinski definition) is 7. The normalized spacial score (nSPS) is 20.7. The molecule has 1 aliphatic heterocycles. The quantitative estimate of drug-likeness (QED) is 0.674. The number of anilines is 1. The third-order valence-corrected chi connectivity index (χ3v) is 6.61. The topological polar surface area (TPSA) is 76.1 Å². The van der Waals surface area contributed by atoms with Crippen LogP contribution >= 0.6 is 23.1 Å². The molecule has 0 radical (unpaired) electrons. The summed E-state index contributed by atoms with van der Waals surface area (Å²) in [4.78, 5) is 12.7. The van der Waals surface area contributed by atoms with E-state index in [1.807, 2.05) is 30.3 Å². The van der Waals surface area contributed by atoms with E-state index < -0.39 is 0 Å². The van der Waals surface area contributed by atoms with Crippen LogP contribution in [0.25, 0.3) is 0 Å². The zero-order valence-corrected chi connectivity index (χ0v) is 16.0. The van der Waals surface area contributed by atoms with Crippen LogP contribution in [0.4, 0.5) is 5.13 Å². The minimum Gasteiger partial charge on any atom is -0.376 e. The Bertz CT molecular complexity index is 730. The zero-order chi connectivity index (χ0) is 17.8. The lowest BCUT2D eigenvalue weighted by Crippen LogP contribution is -2.29. The Morgan fingerprint density at radius 3 is 2.85 bits per heavy atom. The summed E-state index contributed by atoms with van der Waals surface area (Å²) >= 11 is 2.95. The highest BCUT2D eigenvalue weighted by molar-refractivity contribution is 8.01. The molecular weight excluding hydrogens is 368 g/mol. The summed E-state index contributed by atoms with van der Waals surface area (Å²) in [5.74, 6) is 0.0489. The number of nitrogens with one attached hydrogen (secondary N) is 2. The van der Waals surface area contributed by atoms with E-state index in [2.05, 4.69) is 20.8 Å². The number of carbonyl (C=O) groups is 1. The highest BCUT2D eigenvalue weighted by Crippen LogP contribution is 2.38. The average Bonchev–Trinajstić information content (AvgIpc) is 3.14. The Hall–Kier alpha value is -1.64. The fourth-order valence-electron chi connectivity index (χ4n) is 2.84. The second-order valence-electron chi connectivity index (χ2n) is 6.58. The summed E-state index contributed by atoms with van der Waals surface area (Å²) in [5, 5.41) is 15.3. The minimum absolute atomic E-state index is 0.0489. The van der Waals surface area contributed by atoms with E-state index in [9.17, 15) is 4.79 Å². The summed E-state index contributed by atoms with van der Waals surface area (Å²) in [5.41, 5.74) is 0.986. The zero-order valence-electron chi connectivity index (χ0n) is 14.4. The van der Waals surface area contributed by atoms with E-state index in [0.29, 0.717) is 6.04 Å². The van der Waals surface area contributed by atoms with E-state index in [4.69, 9.17) is 4.74 Å². The van der Waals surface area contributed by atoms with Gasteiger partial charge in [-0.05, 0) is 31.2 Å². The van der Waals surface area contributed by atoms with Crippen LogP contribution < -0.4 is 10.6 Å². The van der Waals surface area contributed by atoms with Crippen molar-refractivity contribution in [1.82, 2.24) is 15.5 Å². The molecule has 2 N–H and O–H groups in total. The molecule has 26 heavy (non-hydrogen) atoms. The lowest BCUT2D eigenvalue weighted by atomic mass is 10.1. The van der Waals surface area contributed by atoms with Crippen LogP contribution in [-0.2, 0) is 9.53 Å². The molecule has 1 aromatic carbocycles. The van der Waals surface area contributed by atoms with Gasteiger partial charge in [-0.25, -0.2) is 0 Å². The number of ether oxygens (including phenoxy) is 1. The van der Waals surface area contributed by atoms with Gasteiger partial charge in [-0.1, -0.05) is 53.4 Å². The average molecular weight is 391 g/mol. The van der Waals surface area contributed by atoms with Crippen LogP contribution in [0.1, 0.15) is 36.5 Å². The van der Waals surface area contributed by atoms with Crippen molar-refractivity contribution in [2.45, 2.75) is 47.4 Å². The molecule has 2 fully saturated rings. The number of benzene rings is 1. The molecule has 0 unspecified atom stereocenters. The molecule has 6 nitrogen and oxygen atoms in total. The van der Waals surface area contributed by atoms with Gasteiger partial charge in [0.1, 0.15) is 5.25 Å². The lowest BCUT2D eigenvalue weighted by Gasteiger charge is -2.15. The predicted molar refractivity (Wildman–Crippen MR) is 104 cm³/mol. The summed E-state index contributed by atoms with van der Waals surface area (Å²) < 4.78 is 6.41. The molecule has 8 heteroatoms. The van der Waals surface area contributed by atoms with Crippen molar-refractivity contribution in [3.8, 4) is 0 Å².